The summed E-state index contributed by atoms with van der Waals surface area (Å²) in [4.78, 5) is 49.2. The van der Waals surface area contributed by atoms with Gasteiger partial charge in [0.1, 0.15) is 11.4 Å². The van der Waals surface area contributed by atoms with Crippen LogP contribution in [0.1, 0.15) is 22.8 Å². The molecule has 5 aromatic rings. The summed E-state index contributed by atoms with van der Waals surface area (Å²) < 4.78 is 0. The molecule has 2 amide bonds. The lowest BCUT2D eigenvalue weighted by Gasteiger charge is -2.20. The molecule has 1 aliphatic rings. The van der Waals surface area contributed by atoms with Crippen molar-refractivity contribution in [3.05, 3.63) is 126 Å². The lowest BCUT2D eigenvalue weighted by Crippen LogP contribution is -2.33. The SMILES string of the molecule is CC(SC1=N/C(=C\c2ccccc2O)C(=O)N1c1ccccc1)C(=O)Nc1ccc(-c2cc(C(=O)O)c3ccccc3n2)cc1. The number of aromatic nitrogens is 1. The molecule has 0 spiro atoms. The van der Waals surface area contributed by atoms with E-state index in [9.17, 15) is 24.6 Å². The summed E-state index contributed by atoms with van der Waals surface area (Å²) in [7, 11) is 0. The maximum Gasteiger partial charge on any atom is 0.336 e. The van der Waals surface area contributed by atoms with Crippen LogP contribution in [-0.4, -0.2) is 43.4 Å². The number of phenolic OH excluding ortho intramolecular Hbond substituents is 1. The van der Waals surface area contributed by atoms with Crippen molar-refractivity contribution < 1.29 is 24.6 Å². The number of thioether (sulfide) groups is 1. The number of pyridine rings is 1. The van der Waals surface area contributed by atoms with Crippen LogP contribution in [-0.2, 0) is 9.59 Å². The van der Waals surface area contributed by atoms with Crippen LogP contribution in [0.5, 0.6) is 5.75 Å². The Kier molecular flexibility index (Phi) is 8.13. The molecule has 9 nitrogen and oxygen atoms in total. The standard InChI is InChI=1S/C35H26N4O5S/c1-21(45-35-38-30(19-23-9-5-8-14-31(23)40)33(42)39(35)25-10-3-2-4-11-25)32(41)36-24-17-15-22(16-18-24)29-20-27(34(43)44)26-12-6-7-13-28(26)37-29/h2-21,40H,1H3,(H,36,41)(H,43,44)/b30-19-. The molecule has 1 unspecified atom stereocenters. The maximum atomic E-state index is 13.5. The molecule has 1 aliphatic heterocycles. The third kappa shape index (κ3) is 6.17. The van der Waals surface area contributed by atoms with Crippen molar-refractivity contribution in [2.45, 2.75) is 12.2 Å². The third-order valence-corrected chi connectivity index (χ3v) is 8.17. The van der Waals surface area contributed by atoms with E-state index in [1.165, 1.54) is 17.0 Å². The summed E-state index contributed by atoms with van der Waals surface area (Å²) in [5.41, 5.74) is 3.68. The van der Waals surface area contributed by atoms with E-state index in [0.717, 1.165) is 11.8 Å². The molecular formula is C35H26N4O5S. The number of aliphatic imine (C=N–C) groups is 1. The second kappa shape index (κ2) is 12.5. The number of nitrogens with one attached hydrogen (secondary N) is 1. The van der Waals surface area contributed by atoms with Crippen LogP contribution in [0, 0.1) is 0 Å². The van der Waals surface area contributed by atoms with Crippen molar-refractivity contribution in [2.75, 3.05) is 10.2 Å². The van der Waals surface area contributed by atoms with Crippen LogP contribution in [0.25, 0.3) is 28.2 Å². The number of para-hydroxylation sites is 3. The number of amidine groups is 1. The molecule has 0 radical (unpaired) electrons. The predicted octanol–water partition coefficient (Wildman–Crippen LogP) is 6.81. The zero-order valence-corrected chi connectivity index (χ0v) is 24.7. The fraction of sp³-hybridized carbons (Fsp3) is 0.0571. The molecule has 3 N–H and O–H groups in total. The Morgan fingerprint density at radius 3 is 2.33 bits per heavy atom. The largest absolute Gasteiger partial charge is 0.507 e. The lowest BCUT2D eigenvalue weighted by atomic mass is 10.0. The van der Waals surface area contributed by atoms with Gasteiger partial charge in [0.2, 0.25) is 5.91 Å². The number of anilines is 2. The Morgan fingerprint density at radius 2 is 1.60 bits per heavy atom. The molecule has 1 aromatic heterocycles. The van der Waals surface area contributed by atoms with Gasteiger partial charge in [0.15, 0.2) is 5.17 Å². The van der Waals surface area contributed by atoms with E-state index >= 15 is 0 Å². The first kappa shape index (κ1) is 29.3. The maximum absolute atomic E-state index is 13.5. The summed E-state index contributed by atoms with van der Waals surface area (Å²) >= 11 is 1.14. The van der Waals surface area contributed by atoms with Gasteiger partial charge >= 0.3 is 5.97 Å². The number of carboxylic acid groups (broad SMARTS) is 1. The quantitative estimate of drug-likeness (QED) is 0.172. The number of carbonyl (C=O) groups is 3. The number of hydrogen-bond donors (Lipinski definition) is 3. The smallest absolute Gasteiger partial charge is 0.336 e. The van der Waals surface area contributed by atoms with Crippen LogP contribution in [0.2, 0.25) is 0 Å². The Balaban J connectivity index is 1.21. The molecular weight excluding hydrogens is 588 g/mol. The molecule has 0 aliphatic carbocycles. The first-order valence-electron chi connectivity index (χ1n) is 14.0. The Labute approximate surface area is 262 Å². The van der Waals surface area contributed by atoms with Crippen molar-refractivity contribution in [3.8, 4) is 17.0 Å². The molecule has 10 heteroatoms. The topological polar surface area (TPSA) is 132 Å². The van der Waals surface area contributed by atoms with E-state index in [1.807, 2.05) is 18.2 Å². The number of benzene rings is 4. The molecule has 222 valence electrons. The van der Waals surface area contributed by atoms with Crippen molar-refractivity contribution in [2.24, 2.45) is 4.99 Å². The normalized spacial score (nSPS) is 14.4. The highest BCUT2D eigenvalue weighted by molar-refractivity contribution is 8.15. The van der Waals surface area contributed by atoms with Crippen molar-refractivity contribution in [3.63, 3.8) is 0 Å². The number of nitrogens with zero attached hydrogens (tertiary/aromatic N) is 3. The first-order valence-corrected chi connectivity index (χ1v) is 14.9. The predicted molar refractivity (Wildman–Crippen MR) is 177 cm³/mol. The molecule has 45 heavy (non-hydrogen) atoms. The number of aromatic hydroxyl groups is 1. The van der Waals surface area contributed by atoms with E-state index in [4.69, 9.17) is 0 Å². The highest BCUT2D eigenvalue weighted by atomic mass is 32.2. The number of carboxylic acids is 1. The van der Waals surface area contributed by atoms with Crippen molar-refractivity contribution in [1.29, 1.82) is 0 Å². The summed E-state index contributed by atoms with van der Waals surface area (Å²) in [6.07, 6.45) is 1.53. The summed E-state index contributed by atoms with van der Waals surface area (Å²) in [5.74, 6) is -1.68. The summed E-state index contributed by atoms with van der Waals surface area (Å²) in [6.45, 7) is 1.72. The molecule has 0 saturated heterocycles. The van der Waals surface area contributed by atoms with Gasteiger partial charge in [-0.15, -0.1) is 0 Å². The van der Waals surface area contributed by atoms with Crippen LogP contribution in [0.3, 0.4) is 0 Å². The molecule has 4 aromatic carbocycles. The second-order valence-electron chi connectivity index (χ2n) is 10.2. The molecule has 0 saturated carbocycles. The van der Waals surface area contributed by atoms with Gasteiger partial charge in [-0.1, -0.05) is 78.5 Å². The zero-order chi connectivity index (χ0) is 31.5. The highest BCUT2D eigenvalue weighted by Crippen LogP contribution is 2.33. The van der Waals surface area contributed by atoms with E-state index in [2.05, 4.69) is 15.3 Å². The number of hydrogen-bond acceptors (Lipinski definition) is 7. The van der Waals surface area contributed by atoms with Gasteiger partial charge in [-0.2, -0.15) is 0 Å². The van der Waals surface area contributed by atoms with Crippen LogP contribution < -0.4 is 10.2 Å². The van der Waals surface area contributed by atoms with Gasteiger partial charge in [-0.25, -0.2) is 14.8 Å². The average Bonchev–Trinajstić information content (AvgIpc) is 3.35. The Morgan fingerprint density at radius 1 is 0.911 bits per heavy atom. The Hall–Kier alpha value is -5.74. The molecule has 1 atom stereocenters. The van der Waals surface area contributed by atoms with E-state index in [0.29, 0.717) is 44.3 Å². The number of phenols is 1. The van der Waals surface area contributed by atoms with Crippen LogP contribution >= 0.6 is 11.8 Å². The minimum atomic E-state index is -1.04. The van der Waals surface area contributed by atoms with Crippen molar-refractivity contribution in [1.82, 2.24) is 4.98 Å². The van der Waals surface area contributed by atoms with Gasteiger partial charge in [0, 0.05) is 22.2 Å². The van der Waals surface area contributed by atoms with Crippen molar-refractivity contribution >= 4 is 63.1 Å². The van der Waals surface area contributed by atoms with Gasteiger partial charge in [0.25, 0.3) is 5.91 Å². The fourth-order valence-electron chi connectivity index (χ4n) is 4.82. The monoisotopic (exact) mass is 614 g/mol. The lowest BCUT2D eigenvalue weighted by molar-refractivity contribution is -0.115. The minimum Gasteiger partial charge on any atom is -0.507 e. The van der Waals surface area contributed by atoms with Crippen LogP contribution in [0.15, 0.2) is 120 Å². The summed E-state index contributed by atoms with van der Waals surface area (Å²) in [6, 6.07) is 31.3. The van der Waals surface area contributed by atoms with Gasteiger partial charge < -0.3 is 15.5 Å². The number of carbonyl (C=O) groups excluding carboxylic acids is 2. The highest BCUT2D eigenvalue weighted by Gasteiger charge is 2.34. The summed E-state index contributed by atoms with van der Waals surface area (Å²) in [5, 5.41) is 23.1. The molecule has 6 rings (SSSR count). The van der Waals surface area contributed by atoms with Crippen LogP contribution in [0.4, 0.5) is 11.4 Å². The minimum absolute atomic E-state index is 0.0258. The Bertz CT molecular complexity index is 2010. The molecule has 2 heterocycles. The fourth-order valence-corrected chi connectivity index (χ4v) is 5.74. The van der Waals surface area contributed by atoms with E-state index in [-0.39, 0.29) is 28.8 Å². The molecule has 0 bridgehead atoms. The van der Waals surface area contributed by atoms with Gasteiger partial charge in [0.05, 0.1) is 27.7 Å². The molecule has 0 fully saturated rings. The number of amides is 2. The number of rotatable bonds is 7. The number of aromatic carboxylic acids is 1. The van der Waals surface area contributed by atoms with E-state index < -0.39 is 11.2 Å². The van der Waals surface area contributed by atoms with Gasteiger partial charge in [-0.3, -0.25) is 14.5 Å². The number of fused-ring (bicyclic) bond motifs is 1. The van der Waals surface area contributed by atoms with Gasteiger partial charge in [-0.05, 0) is 55.5 Å². The average molecular weight is 615 g/mol. The van der Waals surface area contributed by atoms with E-state index in [1.54, 1.807) is 91.9 Å². The third-order valence-electron chi connectivity index (χ3n) is 7.12. The second-order valence-corrected chi connectivity index (χ2v) is 11.5. The zero-order valence-electron chi connectivity index (χ0n) is 23.9. The first-order chi connectivity index (χ1) is 21.8.